The van der Waals surface area contributed by atoms with Crippen LogP contribution < -0.4 is 5.32 Å². The number of carbonyl (C=O) groups excluding carboxylic acids is 3. The van der Waals surface area contributed by atoms with Gasteiger partial charge in [-0.05, 0) is 50.2 Å². The third kappa shape index (κ3) is 3.74. The van der Waals surface area contributed by atoms with E-state index in [0.717, 1.165) is 0 Å². The molecule has 0 saturated heterocycles. The molecule has 2 amide bonds. The quantitative estimate of drug-likeness (QED) is 0.767. The van der Waals surface area contributed by atoms with Crippen molar-refractivity contribution >= 4 is 33.5 Å². The van der Waals surface area contributed by atoms with Crippen molar-refractivity contribution in [1.82, 2.24) is 4.31 Å². The lowest BCUT2D eigenvalue weighted by molar-refractivity contribution is -0.116. The Morgan fingerprint density at radius 3 is 2.32 bits per heavy atom. The molecule has 146 valence electrons. The van der Waals surface area contributed by atoms with E-state index in [9.17, 15) is 22.8 Å². The molecule has 0 bridgehead atoms. The average Bonchev–Trinajstić information content (AvgIpc) is 2.83. The number of rotatable bonds is 5. The SMILES string of the molecule is CC(C)OC(=O)c1ccc(NC(=O)CN2C(=O)c3ccccc3S2(=O)=O)cc1. The maximum absolute atomic E-state index is 12.5. The molecule has 1 aliphatic heterocycles. The first-order valence-electron chi connectivity index (χ1n) is 8.47. The van der Waals surface area contributed by atoms with Gasteiger partial charge in [-0.2, -0.15) is 0 Å². The molecular formula is C19H18N2O6S. The minimum atomic E-state index is -4.05. The van der Waals surface area contributed by atoms with Crippen LogP contribution in [0.25, 0.3) is 0 Å². The number of amides is 2. The Bertz CT molecular complexity index is 1040. The molecule has 2 aromatic carbocycles. The predicted molar refractivity (Wildman–Crippen MR) is 100 cm³/mol. The first-order valence-corrected chi connectivity index (χ1v) is 9.91. The zero-order chi connectivity index (χ0) is 20.5. The zero-order valence-corrected chi connectivity index (χ0v) is 16.0. The molecule has 1 aliphatic rings. The fourth-order valence-corrected chi connectivity index (χ4v) is 4.22. The van der Waals surface area contributed by atoms with E-state index in [-0.39, 0.29) is 16.6 Å². The van der Waals surface area contributed by atoms with Gasteiger partial charge in [0.1, 0.15) is 11.4 Å². The first-order chi connectivity index (χ1) is 13.2. The highest BCUT2D eigenvalue weighted by Gasteiger charge is 2.41. The Kier molecular flexibility index (Phi) is 5.19. The van der Waals surface area contributed by atoms with Gasteiger partial charge in [-0.15, -0.1) is 0 Å². The number of sulfonamides is 1. The van der Waals surface area contributed by atoms with Crippen LogP contribution in [0, 0.1) is 0 Å². The van der Waals surface area contributed by atoms with Crippen molar-refractivity contribution in [1.29, 1.82) is 0 Å². The summed E-state index contributed by atoms with van der Waals surface area (Å²) in [4.78, 5) is 36.3. The average molecular weight is 402 g/mol. The molecule has 0 spiro atoms. The van der Waals surface area contributed by atoms with Crippen molar-refractivity contribution < 1.29 is 27.5 Å². The molecule has 0 aromatic heterocycles. The minimum absolute atomic E-state index is 0.0447. The van der Waals surface area contributed by atoms with E-state index in [1.165, 1.54) is 42.5 Å². The number of esters is 1. The summed E-state index contributed by atoms with van der Waals surface area (Å²) in [5, 5.41) is 2.51. The van der Waals surface area contributed by atoms with E-state index in [1.807, 2.05) is 0 Å². The van der Waals surface area contributed by atoms with Crippen molar-refractivity contribution in [2.75, 3.05) is 11.9 Å². The van der Waals surface area contributed by atoms with E-state index in [1.54, 1.807) is 19.9 Å². The number of hydrogen-bond donors (Lipinski definition) is 1. The van der Waals surface area contributed by atoms with Gasteiger partial charge in [0.25, 0.3) is 15.9 Å². The van der Waals surface area contributed by atoms with Crippen LogP contribution in [0.2, 0.25) is 0 Å². The maximum Gasteiger partial charge on any atom is 0.338 e. The lowest BCUT2D eigenvalue weighted by Gasteiger charge is -2.15. The minimum Gasteiger partial charge on any atom is -0.459 e. The molecule has 0 aliphatic carbocycles. The molecule has 8 nitrogen and oxygen atoms in total. The van der Waals surface area contributed by atoms with Gasteiger partial charge in [0, 0.05) is 5.69 Å². The highest BCUT2D eigenvalue weighted by atomic mass is 32.2. The second-order valence-electron chi connectivity index (χ2n) is 6.39. The lowest BCUT2D eigenvalue weighted by Crippen LogP contribution is -2.37. The lowest BCUT2D eigenvalue weighted by atomic mass is 10.2. The van der Waals surface area contributed by atoms with Crippen molar-refractivity contribution in [3.63, 3.8) is 0 Å². The van der Waals surface area contributed by atoms with Crippen LogP contribution in [0.15, 0.2) is 53.4 Å². The van der Waals surface area contributed by atoms with E-state index in [2.05, 4.69) is 5.32 Å². The number of nitrogens with one attached hydrogen (secondary N) is 1. The number of hydrogen-bond acceptors (Lipinski definition) is 6. The smallest absolute Gasteiger partial charge is 0.338 e. The molecule has 3 rings (SSSR count). The number of carbonyl (C=O) groups is 3. The van der Waals surface area contributed by atoms with E-state index < -0.39 is 34.4 Å². The number of anilines is 1. The van der Waals surface area contributed by atoms with E-state index in [4.69, 9.17) is 4.74 Å². The molecule has 1 heterocycles. The van der Waals surface area contributed by atoms with Gasteiger partial charge in [0.2, 0.25) is 5.91 Å². The zero-order valence-electron chi connectivity index (χ0n) is 15.2. The van der Waals surface area contributed by atoms with Crippen LogP contribution in [0.3, 0.4) is 0 Å². The standard InChI is InChI=1S/C19H18N2O6S/c1-12(2)27-19(24)13-7-9-14(10-8-13)20-17(22)11-21-18(23)15-5-3-4-6-16(15)28(21,25)26/h3-10,12H,11H2,1-2H3,(H,20,22). The summed E-state index contributed by atoms with van der Waals surface area (Å²) in [7, 11) is -4.05. The monoisotopic (exact) mass is 402 g/mol. The second kappa shape index (κ2) is 7.43. The molecule has 9 heteroatoms. The third-order valence-electron chi connectivity index (χ3n) is 3.95. The summed E-state index contributed by atoms with van der Waals surface area (Å²) in [5.41, 5.74) is 0.718. The van der Waals surface area contributed by atoms with Gasteiger partial charge in [0.15, 0.2) is 0 Å². The Balaban J connectivity index is 1.68. The van der Waals surface area contributed by atoms with Crippen molar-refractivity contribution in [2.24, 2.45) is 0 Å². The molecule has 0 fully saturated rings. The predicted octanol–water partition coefficient (Wildman–Crippen LogP) is 2.04. The maximum atomic E-state index is 12.5. The van der Waals surface area contributed by atoms with E-state index in [0.29, 0.717) is 15.6 Å². The highest BCUT2D eigenvalue weighted by Crippen LogP contribution is 2.29. The number of ether oxygens (including phenoxy) is 1. The van der Waals surface area contributed by atoms with Gasteiger partial charge in [-0.1, -0.05) is 12.1 Å². The summed E-state index contributed by atoms with van der Waals surface area (Å²) >= 11 is 0. The largest absolute Gasteiger partial charge is 0.459 e. The van der Waals surface area contributed by atoms with Crippen LogP contribution in [0.4, 0.5) is 5.69 Å². The molecule has 0 saturated carbocycles. The van der Waals surface area contributed by atoms with Gasteiger partial charge in [0.05, 0.1) is 17.2 Å². The summed E-state index contributed by atoms with van der Waals surface area (Å²) < 4.78 is 30.5. The van der Waals surface area contributed by atoms with Crippen molar-refractivity contribution in [3.8, 4) is 0 Å². The summed E-state index contributed by atoms with van der Waals surface area (Å²) in [6.45, 7) is 2.82. The van der Waals surface area contributed by atoms with Crippen LogP contribution in [0.5, 0.6) is 0 Å². The fourth-order valence-electron chi connectivity index (χ4n) is 2.69. The third-order valence-corrected chi connectivity index (χ3v) is 5.73. The molecular weight excluding hydrogens is 384 g/mol. The Morgan fingerprint density at radius 2 is 1.71 bits per heavy atom. The van der Waals surface area contributed by atoms with Crippen molar-refractivity contribution in [2.45, 2.75) is 24.8 Å². The highest BCUT2D eigenvalue weighted by molar-refractivity contribution is 7.90. The van der Waals surface area contributed by atoms with Crippen LogP contribution >= 0.6 is 0 Å². The number of nitrogens with zero attached hydrogens (tertiary/aromatic N) is 1. The van der Waals surface area contributed by atoms with Gasteiger partial charge in [-0.3, -0.25) is 9.59 Å². The van der Waals surface area contributed by atoms with Crippen LogP contribution in [-0.2, 0) is 19.6 Å². The molecule has 0 atom stereocenters. The van der Waals surface area contributed by atoms with Crippen LogP contribution in [0.1, 0.15) is 34.6 Å². The summed E-state index contributed by atoms with van der Waals surface area (Å²) in [6, 6.07) is 11.7. The number of fused-ring (bicyclic) bond motifs is 1. The van der Waals surface area contributed by atoms with Crippen LogP contribution in [-0.4, -0.2) is 43.2 Å². The van der Waals surface area contributed by atoms with E-state index >= 15 is 0 Å². The summed E-state index contributed by atoms with van der Waals surface area (Å²) in [5.74, 6) is -1.90. The number of benzene rings is 2. The molecule has 28 heavy (non-hydrogen) atoms. The fraction of sp³-hybridized carbons (Fsp3) is 0.211. The molecule has 2 aromatic rings. The first kappa shape index (κ1) is 19.6. The molecule has 1 N–H and O–H groups in total. The topological polar surface area (TPSA) is 110 Å². The normalized spacial score (nSPS) is 14.7. The van der Waals surface area contributed by atoms with Gasteiger partial charge < -0.3 is 10.1 Å². The summed E-state index contributed by atoms with van der Waals surface area (Å²) in [6.07, 6.45) is -0.254. The molecule has 0 unspecified atom stereocenters. The van der Waals surface area contributed by atoms with Gasteiger partial charge in [-0.25, -0.2) is 17.5 Å². The Morgan fingerprint density at radius 1 is 1.07 bits per heavy atom. The second-order valence-corrected chi connectivity index (χ2v) is 8.22. The Hall–Kier alpha value is -3.20. The Labute approximate surface area is 162 Å². The van der Waals surface area contributed by atoms with Gasteiger partial charge >= 0.3 is 5.97 Å². The molecule has 0 radical (unpaired) electrons. The van der Waals surface area contributed by atoms with Crippen molar-refractivity contribution in [3.05, 3.63) is 59.7 Å².